The minimum absolute atomic E-state index is 0.0176. The quantitative estimate of drug-likeness (QED) is 0.804. The highest BCUT2D eigenvalue weighted by atomic mass is 16.5. The van der Waals surface area contributed by atoms with Crippen molar-refractivity contribution in [2.75, 3.05) is 57.5 Å². The summed E-state index contributed by atoms with van der Waals surface area (Å²) in [4.78, 5) is 31.4. The van der Waals surface area contributed by atoms with Gasteiger partial charge in [0.2, 0.25) is 11.9 Å². The van der Waals surface area contributed by atoms with Crippen molar-refractivity contribution in [3.8, 4) is 0 Å². The summed E-state index contributed by atoms with van der Waals surface area (Å²) >= 11 is 0. The fourth-order valence-electron chi connectivity index (χ4n) is 3.25. The number of nitrogens with two attached hydrogens (primary N) is 1. The van der Waals surface area contributed by atoms with E-state index in [9.17, 15) is 4.79 Å². The second-order valence-electron chi connectivity index (χ2n) is 6.79. The maximum absolute atomic E-state index is 12.4. The molecule has 0 saturated carbocycles. The van der Waals surface area contributed by atoms with E-state index in [1.165, 1.54) is 0 Å². The molecule has 9 heteroatoms. The molecule has 1 amide bonds. The molecule has 9 nitrogen and oxygen atoms in total. The maximum atomic E-state index is 12.4. The second kappa shape index (κ2) is 7.49. The number of nitrogens with zero attached hydrogens (tertiary/aromatic N) is 6. The first kappa shape index (κ1) is 17.8. The van der Waals surface area contributed by atoms with Gasteiger partial charge in [0.1, 0.15) is 6.10 Å². The number of rotatable bonds is 4. The zero-order chi connectivity index (χ0) is 18.0. The van der Waals surface area contributed by atoms with E-state index in [4.69, 9.17) is 10.5 Å². The summed E-state index contributed by atoms with van der Waals surface area (Å²) in [6, 6.07) is 0.0176. The lowest BCUT2D eigenvalue weighted by Crippen LogP contribution is -2.52. The smallest absolute Gasteiger partial charge is 0.251 e. The largest absolute Gasteiger partial charge is 0.368 e. The zero-order valence-corrected chi connectivity index (χ0v) is 15.2. The van der Waals surface area contributed by atoms with Crippen LogP contribution in [0, 0.1) is 0 Å². The van der Waals surface area contributed by atoms with Gasteiger partial charge in [-0.25, -0.2) is 0 Å². The van der Waals surface area contributed by atoms with Crippen LogP contribution in [0.25, 0.3) is 0 Å². The first-order valence-corrected chi connectivity index (χ1v) is 8.79. The molecule has 2 saturated heterocycles. The molecule has 0 spiro atoms. The van der Waals surface area contributed by atoms with Crippen molar-refractivity contribution in [1.29, 1.82) is 0 Å². The summed E-state index contributed by atoms with van der Waals surface area (Å²) in [5.74, 6) is 1.58. The van der Waals surface area contributed by atoms with E-state index in [2.05, 4.69) is 26.8 Å². The summed E-state index contributed by atoms with van der Waals surface area (Å²) in [6.07, 6.45) is 1.57. The number of aromatic nitrogens is 3. The van der Waals surface area contributed by atoms with Crippen LogP contribution < -0.4 is 10.6 Å². The lowest BCUT2D eigenvalue weighted by atomic mass is 10.1. The maximum Gasteiger partial charge on any atom is 0.251 e. The molecular formula is C16H27N7O2. The second-order valence-corrected chi connectivity index (χ2v) is 6.79. The van der Waals surface area contributed by atoms with Gasteiger partial charge in [-0.15, -0.1) is 0 Å². The molecule has 0 unspecified atom stereocenters. The Morgan fingerprint density at radius 2 is 1.96 bits per heavy atom. The molecule has 2 fully saturated rings. The third-order valence-corrected chi connectivity index (χ3v) is 4.81. The number of ether oxygens (including phenoxy) is 1. The number of hydrogen-bond donors (Lipinski definition) is 1. The Kier molecular flexibility index (Phi) is 5.33. The molecule has 138 valence electrons. The predicted molar refractivity (Wildman–Crippen MR) is 94.1 cm³/mol. The molecule has 2 N–H and O–H groups in total. The predicted octanol–water partition coefficient (Wildman–Crippen LogP) is -0.0960. The number of hydrogen-bond acceptors (Lipinski definition) is 8. The van der Waals surface area contributed by atoms with Crippen LogP contribution in [0.15, 0.2) is 0 Å². The van der Waals surface area contributed by atoms with Crippen molar-refractivity contribution in [2.45, 2.75) is 31.9 Å². The van der Waals surface area contributed by atoms with Crippen molar-refractivity contribution in [3.05, 3.63) is 5.82 Å². The van der Waals surface area contributed by atoms with Crippen molar-refractivity contribution in [2.24, 2.45) is 0 Å². The normalized spacial score (nSPS) is 22.8. The highest BCUT2D eigenvalue weighted by Gasteiger charge is 2.32. The van der Waals surface area contributed by atoms with E-state index < -0.39 is 0 Å². The molecule has 0 aliphatic carbocycles. The number of anilines is 2. The summed E-state index contributed by atoms with van der Waals surface area (Å²) in [5.41, 5.74) is 5.82. The molecule has 0 radical (unpaired) electrons. The topological polar surface area (TPSA) is 101 Å². The van der Waals surface area contributed by atoms with E-state index in [1.807, 2.05) is 23.9 Å². The molecule has 0 bridgehead atoms. The highest BCUT2D eigenvalue weighted by Crippen LogP contribution is 2.22. The molecule has 3 rings (SSSR count). The number of carbonyl (C=O) groups is 1. The standard InChI is InChI=1S/C16H27N7O2/c1-11(13-18-15(17)20-16(19-13)21(2)3)22-6-8-23(9-7-22)14(24)12-5-4-10-25-12/h11-12H,4-10H2,1-3H3,(H2,17,18,19,20)/t11-,12-/m1/s1. The van der Waals surface area contributed by atoms with E-state index >= 15 is 0 Å². The molecular weight excluding hydrogens is 322 g/mol. The van der Waals surface area contributed by atoms with Gasteiger partial charge in [0, 0.05) is 46.9 Å². The molecule has 3 heterocycles. The van der Waals surface area contributed by atoms with Crippen molar-refractivity contribution >= 4 is 17.8 Å². The van der Waals surface area contributed by atoms with Gasteiger partial charge >= 0.3 is 0 Å². The minimum Gasteiger partial charge on any atom is -0.368 e. The molecule has 2 aliphatic heterocycles. The molecule has 1 aromatic heterocycles. The van der Waals surface area contributed by atoms with Crippen LogP contribution in [0.1, 0.15) is 31.6 Å². The Hall–Kier alpha value is -2.00. The van der Waals surface area contributed by atoms with Gasteiger partial charge in [-0.1, -0.05) is 0 Å². The number of piperazine rings is 1. The fourth-order valence-corrected chi connectivity index (χ4v) is 3.25. The average Bonchev–Trinajstić information content (AvgIpc) is 3.14. The molecule has 2 atom stereocenters. The Labute approximate surface area is 148 Å². The van der Waals surface area contributed by atoms with Crippen LogP contribution >= 0.6 is 0 Å². The highest BCUT2D eigenvalue weighted by molar-refractivity contribution is 5.81. The van der Waals surface area contributed by atoms with Crippen LogP contribution in [-0.2, 0) is 9.53 Å². The van der Waals surface area contributed by atoms with Crippen molar-refractivity contribution in [1.82, 2.24) is 24.8 Å². The third kappa shape index (κ3) is 3.98. The van der Waals surface area contributed by atoms with E-state index in [1.54, 1.807) is 0 Å². The van der Waals surface area contributed by atoms with E-state index in [-0.39, 0.29) is 24.0 Å². The van der Waals surface area contributed by atoms with Crippen LogP contribution in [0.4, 0.5) is 11.9 Å². The fraction of sp³-hybridized carbons (Fsp3) is 0.750. The Bertz CT molecular complexity index is 611. The number of nitrogen functional groups attached to an aromatic ring is 1. The van der Waals surface area contributed by atoms with Gasteiger partial charge < -0.3 is 20.3 Å². The van der Waals surface area contributed by atoms with Crippen LogP contribution in [0.5, 0.6) is 0 Å². The Morgan fingerprint density at radius 3 is 2.56 bits per heavy atom. The molecule has 1 aromatic rings. The van der Waals surface area contributed by atoms with Crippen LogP contribution in [-0.4, -0.2) is 83.6 Å². The molecule has 2 aliphatic rings. The van der Waals surface area contributed by atoms with Crippen LogP contribution in [0.3, 0.4) is 0 Å². The van der Waals surface area contributed by atoms with Crippen LogP contribution in [0.2, 0.25) is 0 Å². The first-order chi connectivity index (χ1) is 12.0. The summed E-state index contributed by atoms with van der Waals surface area (Å²) < 4.78 is 5.51. The lowest BCUT2D eigenvalue weighted by molar-refractivity contribution is -0.143. The number of amides is 1. The summed E-state index contributed by atoms with van der Waals surface area (Å²) in [6.45, 7) is 5.72. The lowest BCUT2D eigenvalue weighted by Gasteiger charge is -2.38. The number of carbonyl (C=O) groups excluding carboxylic acids is 1. The van der Waals surface area contributed by atoms with E-state index in [0.717, 1.165) is 25.9 Å². The summed E-state index contributed by atoms with van der Waals surface area (Å²) in [7, 11) is 3.75. The third-order valence-electron chi connectivity index (χ3n) is 4.81. The molecule has 25 heavy (non-hydrogen) atoms. The zero-order valence-electron chi connectivity index (χ0n) is 15.2. The van der Waals surface area contributed by atoms with Gasteiger partial charge in [0.05, 0.1) is 6.04 Å². The SMILES string of the molecule is C[C@H](c1nc(N)nc(N(C)C)n1)N1CCN(C(=O)[C@H]2CCCO2)CC1. The van der Waals surface area contributed by atoms with Gasteiger partial charge in [-0.3, -0.25) is 9.69 Å². The average molecular weight is 349 g/mol. The van der Waals surface area contributed by atoms with Gasteiger partial charge in [-0.2, -0.15) is 15.0 Å². The van der Waals surface area contributed by atoms with E-state index in [0.29, 0.717) is 31.5 Å². The monoisotopic (exact) mass is 349 g/mol. The van der Waals surface area contributed by atoms with Crippen molar-refractivity contribution in [3.63, 3.8) is 0 Å². The first-order valence-electron chi connectivity index (χ1n) is 8.79. The van der Waals surface area contributed by atoms with Gasteiger partial charge in [0.15, 0.2) is 5.82 Å². The van der Waals surface area contributed by atoms with Gasteiger partial charge in [-0.05, 0) is 19.8 Å². The van der Waals surface area contributed by atoms with Gasteiger partial charge in [0.25, 0.3) is 5.91 Å². The Balaban J connectivity index is 1.61. The molecule has 0 aromatic carbocycles. The summed E-state index contributed by atoms with van der Waals surface area (Å²) in [5, 5.41) is 0. The van der Waals surface area contributed by atoms with Crippen molar-refractivity contribution < 1.29 is 9.53 Å². The Morgan fingerprint density at radius 1 is 1.24 bits per heavy atom. The minimum atomic E-state index is -0.241.